The van der Waals surface area contributed by atoms with Crippen LogP contribution >= 0.6 is 0 Å². The third kappa shape index (κ3) is 3.68. The lowest BCUT2D eigenvalue weighted by molar-refractivity contribution is -0.122. The Morgan fingerprint density at radius 1 is 1.05 bits per heavy atom. The van der Waals surface area contributed by atoms with Gasteiger partial charge in [0.2, 0.25) is 5.91 Å². The highest BCUT2D eigenvalue weighted by Crippen LogP contribution is 2.14. The molecule has 0 saturated heterocycles. The lowest BCUT2D eigenvalue weighted by Crippen LogP contribution is -2.27. The summed E-state index contributed by atoms with van der Waals surface area (Å²) in [6, 6.07) is 17.3. The zero-order valence-corrected chi connectivity index (χ0v) is 11.5. The molecule has 0 spiro atoms. The molecule has 0 aliphatic rings. The van der Waals surface area contributed by atoms with E-state index in [4.69, 9.17) is 5.11 Å². The third-order valence-corrected chi connectivity index (χ3v) is 3.37. The second-order valence-electron chi connectivity index (χ2n) is 4.82. The van der Waals surface area contributed by atoms with Crippen LogP contribution in [0.5, 0.6) is 0 Å². The van der Waals surface area contributed by atoms with E-state index in [9.17, 15) is 4.79 Å². The topological polar surface area (TPSA) is 49.3 Å². The molecule has 0 fully saturated rings. The fourth-order valence-electron chi connectivity index (χ4n) is 2.00. The first-order chi connectivity index (χ1) is 9.70. The Morgan fingerprint density at radius 2 is 1.65 bits per heavy atom. The zero-order valence-electron chi connectivity index (χ0n) is 11.5. The molecular formula is C17H19NO2. The van der Waals surface area contributed by atoms with Crippen LogP contribution < -0.4 is 5.32 Å². The van der Waals surface area contributed by atoms with Gasteiger partial charge in [-0.1, -0.05) is 54.6 Å². The van der Waals surface area contributed by atoms with E-state index in [0.717, 1.165) is 16.7 Å². The van der Waals surface area contributed by atoms with Gasteiger partial charge in [0.1, 0.15) is 0 Å². The molecule has 0 radical (unpaired) electrons. The Morgan fingerprint density at radius 3 is 2.25 bits per heavy atom. The molecule has 1 unspecified atom stereocenters. The van der Waals surface area contributed by atoms with Gasteiger partial charge in [0.25, 0.3) is 0 Å². The smallest absolute Gasteiger partial charge is 0.227 e. The largest absolute Gasteiger partial charge is 0.392 e. The normalized spacial score (nSPS) is 11.9. The van der Waals surface area contributed by atoms with Gasteiger partial charge >= 0.3 is 0 Å². The van der Waals surface area contributed by atoms with Crippen molar-refractivity contribution in [2.75, 3.05) is 0 Å². The minimum atomic E-state index is -0.159. The Bertz CT molecular complexity index is 549. The summed E-state index contributed by atoms with van der Waals surface area (Å²) < 4.78 is 0. The van der Waals surface area contributed by atoms with Crippen LogP contribution in [0.15, 0.2) is 54.6 Å². The van der Waals surface area contributed by atoms with Gasteiger partial charge in [-0.15, -0.1) is 0 Å². The average molecular weight is 269 g/mol. The number of rotatable bonds is 5. The summed E-state index contributed by atoms with van der Waals surface area (Å²) in [4.78, 5) is 12.1. The molecule has 3 heteroatoms. The van der Waals surface area contributed by atoms with E-state index in [1.54, 1.807) is 0 Å². The molecule has 0 heterocycles. The first-order valence-corrected chi connectivity index (χ1v) is 6.72. The third-order valence-electron chi connectivity index (χ3n) is 3.37. The number of nitrogens with one attached hydrogen (secondary N) is 1. The summed E-state index contributed by atoms with van der Waals surface area (Å²) in [7, 11) is 0. The molecule has 2 N–H and O–H groups in total. The molecule has 0 aliphatic carbocycles. The van der Waals surface area contributed by atoms with Gasteiger partial charge in [0.15, 0.2) is 0 Å². The van der Waals surface area contributed by atoms with Crippen molar-refractivity contribution in [2.45, 2.75) is 26.0 Å². The van der Waals surface area contributed by atoms with Crippen LogP contribution in [0.4, 0.5) is 0 Å². The van der Waals surface area contributed by atoms with E-state index in [1.807, 2.05) is 61.5 Å². The van der Waals surface area contributed by atoms with Crippen LogP contribution in [-0.2, 0) is 17.9 Å². The number of hydrogen-bond donors (Lipinski definition) is 2. The van der Waals surface area contributed by atoms with E-state index in [2.05, 4.69) is 5.32 Å². The Labute approximate surface area is 119 Å². The van der Waals surface area contributed by atoms with Crippen molar-refractivity contribution in [3.63, 3.8) is 0 Å². The first kappa shape index (κ1) is 14.3. The van der Waals surface area contributed by atoms with Crippen molar-refractivity contribution in [1.82, 2.24) is 5.32 Å². The maximum Gasteiger partial charge on any atom is 0.227 e. The predicted molar refractivity (Wildman–Crippen MR) is 79.1 cm³/mol. The number of carbonyl (C=O) groups is 1. The van der Waals surface area contributed by atoms with E-state index in [0.29, 0.717) is 6.54 Å². The van der Waals surface area contributed by atoms with Crippen molar-refractivity contribution < 1.29 is 9.90 Å². The minimum Gasteiger partial charge on any atom is -0.392 e. The second-order valence-corrected chi connectivity index (χ2v) is 4.82. The van der Waals surface area contributed by atoms with E-state index >= 15 is 0 Å². The van der Waals surface area contributed by atoms with Gasteiger partial charge in [-0.3, -0.25) is 4.79 Å². The zero-order chi connectivity index (χ0) is 14.4. The SMILES string of the molecule is CC(C(=O)NCc1ccc(CO)cc1)c1ccccc1. The van der Waals surface area contributed by atoms with Gasteiger partial charge in [-0.2, -0.15) is 0 Å². The van der Waals surface area contributed by atoms with Gasteiger partial charge < -0.3 is 10.4 Å². The van der Waals surface area contributed by atoms with E-state index in [-0.39, 0.29) is 18.4 Å². The first-order valence-electron chi connectivity index (χ1n) is 6.72. The Kier molecular flexibility index (Phi) is 4.91. The molecular weight excluding hydrogens is 250 g/mol. The lowest BCUT2D eigenvalue weighted by Gasteiger charge is -2.12. The van der Waals surface area contributed by atoms with Gasteiger partial charge in [-0.25, -0.2) is 0 Å². The fraction of sp³-hybridized carbons (Fsp3) is 0.235. The van der Waals surface area contributed by atoms with Crippen LogP contribution in [0.2, 0.25) is 0 Å². The van der Waals surface area contributed by atoms with Crippen LogP contribution in [0.25, 0.3) is 0 Å². The maximum atomic E-state index is 12.1. The van der Waals surface area contributed by atoms with Crippen molar-refractivity contribution in [3.05, 3.63) is 71.3 Å². The van der Waals surface area contributed by atoms with Crippen LogP contribution in [0.3, 0.4) is 0 Å². The summed E-state index contributed by atoms with van der Waals surface area (Å²) >= 11 is 0. The van der Waals surface area contributed by atoms with E-state index in [1.165, 1.54) is 0 Å². The van der Waals surface area contributed by atoms with Gasteiger partial charge in [-0.05, 0) is 23.6 Å². The molecule has 2 rings (SSSR count). The number of aliphatic hydroxyl groups excluding tert-OH is 1. The number of hydrogen-bond acceptors (Lipinski definition) is 2. The minimum absolute atomic E-state index is 0.0161. The number of carbonyl (C=O) groups excluding carboxylic acids is 1. The summed E-state index contributed by atoms with van der Waals surface area (Å²) in [6.07, 6.45) is 0. The second kappa shape index (κ2) is 6.87. The molecule has 20 heavy (non-hydrogen) atoms. The molecule has 0 bridgehead atoms. The molecule has 0 aromatic heterocycles. The fourth-order valence-corrected chi connectivity index (χ4v) is 2.00. The predicted octanol–water partition coefficient (Wildman–Crippen LogP) is 2.60. The molecule has 104 valence electrons. The van der Waals surface area contributed by atoms with Crippen molar-refractivity contribution in [1.29, 1.82) is 0 Å². The molecule has 3 nitrogen and oxygen atoms in total. The van der Waals surface area contributed by atoms with Crippen molar-refractivity contribution >= 4 is 5.91 Å². The molecule has 0 aliphatic heterocycles. The van der Waals surface area contributed by atoms with Crippen LogP contribution in [0.1, 0.15) is 29.5 Å². The number of benzene rings is 2. The van der Waals surface area contributed by atoms with Gasteiger partial charge in [0.05, 0.1) is 12.5 Å². The quantitative estimate of drug-likeness (QED) is 0.876. The standard InChI is InChI=1S/C17H19NO2/c1-13(16-5-3-2-4-6-16)17(20)18-11-14-7-9-15(12-19)10-8-14/h2-10,13,19H,11-12H2,1H3,(H,18,20). The highest BCUT2D eigenvalue weighted by molar-refractivity contribution is 5.83. The van der Waals surface area contributed by atoms with Crippen molar-refractivity contribution in [2.24, 2.45) is 0 Å². The number of amides is 1. The molecule has 2 aromatic rings. The summed E-state index contributed by atoms with van der Waals surface area (Å²) in [5, 5.41) is 11.9. The van der Waals surface area contributed by atoms with E-state index < -0.39 is 0 Å². The monoisotopic (exact) mass is 269 g/mol. The molecule has 1 atom stereocenters. The summed E-state index contributed by atoms with van der Waals surface area (Å²) in [5.74, 6) is -0.143. The van der Waals surface area contributed by atoms with Crippen LogP contribution in [-0.4, -0.2) is 11.0 Å². The van der Waals surface area contributed by atoms with Gasteiger partial charge in [0, 0.05) is 6.54 Å². The van der Waals surface area contributed by atoms with Crippen LogP contribution in [0, 0.1) is 0 Å². The summed E-state index contributed by atoms with van der Waals surface area (Å²) in [6.45, 7) is 2.44. The number of aliphatic hydroxyl groups is 1. The lowest BCUT2D eigenvalue weighted by atomic mass is 10.0. The highest BCUT2D eigenvalue weighted by Gasteiger charge is 2.14. The van der Waals surface area contributed by atoms with Crippen molar-refractivity contribution in [3.8, 4) is 0 Å². The molecule has 2 aromatic carbocycles. The molecule has 0 saturated carbocycles. The Hall–Kier alpha value is -2.13. The maximum absolute atomic E-state index is 12.1. The molecule has 1 amide bonds. The average Bonchev–Trinajstić information content (AvgIpc) is 2.53. The highest BCUT2D eigenvalue weighted by atomic mass is 16.3. The Balaban J connectivity index is 1.91. The summed E-state index contributed by atoms with van der Waals surface area (Å²) in [5.41, 5.74) is 2.91.